The molecule has 1 heterocycles. The van der Waals surface area contributed by atoms with Crippen LogP contribution in [0.5, 0.6) is 0 Å². The van der Waals surface area contributed by atoms with E-state index in [1.165, 1.54) is 4.90 Å². The maximum absolute atomic E-state index is 12.4. The van der Waals surface area contributed by atoms with Gasteiger partial charge in [-0.1, -0.05) is 38.4 Å². The Morgan fingerprint density at radius 1 is 1.45 bits per heavy atom. The van der Waals surface area contributed by atoms with Gasteiger partial charge >= 0.3 is 11.8 Å². The van der Waals surface area contributed by atoms with Gasteiger partial charge in [0.05, 0.1) is 0 Å². The van der Waals surface area contributed by atoms with Crippen LogP contribution in [0.3, 0.4) is 0 Å². The maximum atomic E-state index is 12.4. The highest BCUT2D eigenvalue weighted by atomic mass is 35.5. The number of halogens is 1. The molecular formula is C16H21ClN2O3. The molecule has 0 aromatic heterocycles. The van der Waals surface area contributed by atoms with Gasteiger partial charge in [0, 0.05) is 41.4 Å². The molecule has 1 aromatic carbocycles. The number of fused-ring (bicyclic) bond motifs is 1. The number of hydrogen-bond donors (Lipinski definition) is 2. The Morgan fingerprint density at radius 2 is 2.14 bits per heavy atom. The van der Waals surface area contributed by atoms with E-state index in [9.17, 15) is 9.59 Å². The third-order valence-electron chi connectivity index (χ3n) is 3.87. The van der Waals surface area contributed by atoms with Crippen LogP contribution in [0.25, 0.3) is 0 Å². The Balaban J connectivity index is 2.20. The second-order valence-electron chi connectivity index (χ2n) is 6.41. The lowest BCUT2D eigenvalue weighted by Gasteiger charge is -2.20. The summed E-state index contributed by atoms with van der Waals surface area (Å²) in [6, 6.07) is 5.37. The SMILES string of the molecule is CC(CO)CNC(=O)C(=O)N1CC(C)(C)c2c(Cl)cccc21. The van der Waals surface area contributed by atoms with Gasteiger partial charge in [-0.3, -0.25) is 9.59 Å². The van der Waals surface area contributed by atoms with Crippen LogP contribution in [0.15, 0.2) is 18.2 Å². The molecule has 0 fully saturated rings. The lowest BCUT2D eigenvalue weighted by Crippen LogP contribution is -2.45. The normalized spacial score (nSPS) is 17.0. The highest BCUT2D eigenvalue weighted by molar-refractivity contribution is 6.41. The van der Waals surface area contributed by atoms with Crippen molar-refractivity contribution < 1.29 is 14.7 Å². The molecule has 22 heavy (non-hydrogen) atoms. The quantitative estimate of drug-likeness (QED) is 0.832. The van der Waals surface area contributed by atoms with Crippen molar-refractivity contribution in [2.24, 2.45) is 5.92 Å². The topological polar surface area (TPSA) is 69.6 Å². The molecule has 6 heteroatoms. The first-order valence-electron chi connectivity index (χ1n) is 7.27. The smallest absolute Gasteiger partial charge is 0.316 e. The summed E-state index contributed by atoms with van der Waals surface area (Å²) in [5.74, 6) is -1.35. The molecule has 1 aliphatic heterocycles. The number of benzene rings is 1. The number of amides is 2. The molecule has 1 aromatic rings. The van der Waals surface area contributed by atoms with E-state index in [4.69, 9.17) is 16.7 Å². The van der Waals surface area contributed by atoms with Crippen molar-refractivity contribution in [3.05, 3.63) is 28.8 Å². The van der Waals surface area contributed by atoms with Gasteiger partial charge in [0.1, 0.15) is 0 Å². The lowest BCUT2D eigenvalue weighted by atomic mass is 9.87. The number of nitrogens with zero attached hydrogens (tertiary/aromatic N) is 1. The molecule has 0 spiro atoms. The van der Waals surface area contributed by atoms with E-state index in [0.29, 0.717) is 17.3 Å². The van der Waals surface area contributed by atoms with Gasteiger partial charge in [-0.15, -0.1) is 0 Å². The minimum atomic E-state index is -0.663. The Kier molecular flexibility index (Phi) is 4.78. The van der Waals surface area contributed by atoms with Crippen LogP contribution in [0.2, 0.25) is 5.02 Å². The molecular weight excluding hydrogens is 304 g/mol. The number of carbonyl (C=O) groups excluding carboxylic acids is 2. The average Bonchev–Trinajstić information content (AvgIpc) is 2.76. The Morgan fingerprint density at radius 3 is 2.77 bits per heavy atom. The molecule has 2 amide bonds. The third kappa shape index (κ3) is 3.10. The fourth-order valence-electron chi connectivity index (χ4n) is 2.68. The van der Waals surface area contributed by atoms with E-state index in [1.54, 1.807) is 25.1 Å². The standard InChI is InChI=1S/C16H21ClN2O3/c1-10(8-20)7-18-14(21)15(22)19-9-16(2,3)13-11(17)5-4-6-12(13)19/h4-6,10,20H,7-9H2,1-3H3,(H,18,21). The van der Waals surface area contributed by atoms with E-state index >= 15 is 0 Å². The molecule has 1 aliphatic rings. The number of anilines is 1. The van der Waals surface area contributed by atoms with Crippen LogP contribution in [0.4, 0.5) is 5.69 Å². The van der Waals surface area contributed by atoms with E-state index in [1.807, 2.05) is 13.8 Å². The van der Waals surface area contributed by atoms with Crippen molar-refractivity contribution in [3.63, 3.8) is 0 Å². The fourth-order valence-corrected chi connectivity index (χ4v) is 3.10. The number of aliphatic hydroxyl groups is 1. The fraction of sp³-hybridized carbons (Fsp3) is 0.500. The molecule has 1 atom stereocenters. The minimum Gasteiger partial charge on any atom is -0.396 e. The molecule has 0 saturated carbocycles. The predicted octanol–water partition coefficient (Wildman–Crippen LogP) is 1.71. The average molecular weight is 325 g/mol. The van der Waals surface area contributed by atoms with Gasteiger partial charge in [0.25, 0.3) is 0 Å². The molecule has 1 unspecified atom stereocenters. The zero-order chi connectivity index (χ0) is 16.5. The van der Waals surface area contributed by atoms with E-state index in [-0.39, 0.29) is 24.5 Å². The summed E-state index contributed by atoms with van der Waals surface area (Å²) in [5, 5.41) is 12.1. The van der Waals surface area contributed by atoms with Crippen LogP contribution >= 0.6 is 11.6 Å². The van der Waals surface area contributed by atoms with E-state index in [2.05, 4.69) is 5.32 Å². The lowest BCUT2D eigenvalue weighted by molar-refractivity contribution is -0.137. The number of aliphatic hydroxyl groups excluding tert-OH is 1. The predicted molar refractivity (Wildman–Crippen MR) is 86.1 cm³/mol. The number of hydrogen-bond acceptors (Lipinski definition) is 3. The van der Waals surface area contributed by atoms with Crippen LogP contribution < -0.4 is 10.2 Å². The molecule has 0 radical (unpaired) electrons. The van der Waals surface area contributed by atoms with Gasteiger partial charge in [-0.2, -0.15) is 0 Å². The van der Waals surface area contributed by atoms with E-state index in [0.717, 1.165) is 5.56 Å². The number of nitrogens with one attached hydrogen (secondary N) is 1. The molecule has 0 aliphatic carbocycles. The van der Waals surface area contributed by atoms with Crippen molar-refractivity contribution in [1.82, 2.24) is 5.32 Å². The summed E-state index contributed by atoms with van der Waals surface area (Å²) < 4.78 is 0. The van der Waals surface area contributed by atoms with Crippen molar-refractivity contribution in [2.45, 2.75) is 26.2 Å². The van der Waals surface area contributed by atoms with Crippen molar-refractivity contribution in [2.75, 3.05) is 24.6 Å². The van der Waals surface area contributed by atoms with Gasteiger partial charge in [-0.25, -0.2) is 0 Å². The zero-order valence-electron chi connectivity index (χ0n) is 13.0. The first-order chi connectivity index (χ1) is 10.3. The van der Waals surface area contributed by atoms with Crippen LogP contribution in [-0.2, 0) is 15.0 Å². The van der Waals surface area contributed by atoms with E-state index < -0.39 is 11.8 Å². The van der Waals surface area contributed by atoms with Crippen molar-refractivity contribution >= 4 is 29.1 Å². The largest absolute Gasteiger partial charge is 0.396 e. The van der Waals surface area contributed by atoms with Crippen molar-refractivity contribution in [3.8, 4) is 0 Å². The Labute approximate surface area is 135 Å². The first kappa shape index (κ1) is 16.8. The molecule has 0 bridgehead atoms. The second-order valence-corrected chi connectivity index (χ2v) is 6.81. The summed E-state index contributed by atoms with van der Waals surface area (Å²) in [4.78, 5) is 25.9. The monoisotopic (exact) mass is 324 g/mol. The number of rotatable bonds is 3. The molecule has 2 N–H and O–H groups in total. The minimum absolute atomic E-state index is 0.0380. The number of carbonyl (C=O) groups is 2. The summed E-state index contributed by atoms with van der Waals surface area (Å²) >= 11 is 6.26. The van der Waals surface area contributed by atoms with Crippen molar-refractivity contribution in [1.29, 1.82) is 0 Å². The zero-order valence-corrected chi connectivity index (χ0v) is 13.8. The highest BCUT2D eigenvalue weighted by Crippen LogP contribution is 2.44. The highest BCUT2D eigenvalue weighted by Gasteiger charge is 2.41. The summed E-state index contributed by atoms with van der Waals surface area (Å²) in [6.07, 6.45) is 0. The van der Waals surface area contributed by atoms with Gasteiger partial charge in [0.15, 0.2) is 0 Å². The van der Waals surface area contributed by atoms with Gasteiger partial charge in [-0.05, 0) is 18.1 Å². The van der Waals surface area contributed by atoms with Gasteiger partial charge in [0.2, 0.25) is 0 Å². The van der Waals surface area contributed by atoms with Gasteiger partial charge < -0.3 is 15.3 Å². The van der Waals surface area contributed by atoms with Crippen LogP contribution in [0.1, 0.15) is 26.3 Å². The Bertz CT molecular complexity index is 601. The maximum Gasteiger partial charge on any atom is 0.316 e. The first-order valence-corrected chi connectivity index (χ1v) is 7.65. The van der Waals surface area contributed by atoms with Crippen LogP contribution in [0, 0.1) is 5.92 Å². The third-order valence-corrected chi connectivity index (χ3v) is 4.19. The summed E-state index contributed by atoms with van der Waals surface area (Å²) in [5.41, 5.74) is 1.27. The molecule has 0 saturated heterocycles. The summed E-state index contributed by atoms with van der Waals surface area (Å²) in [7, 11) is 0. The second kappa shape index (κ2) is 6.26. The molecule has 2 rings (SSSR count). The molecule has 5 nitrogen and oxygen atoms in total. The summed E-state index contributed by atoms with van der Waals surface area (Å²) in [6.45, 7) is 6.42. The molecule has 120 valence electrons. The van der Waals surface area contributed by atoms with Crippen LogP contribution in [-0.4, -0.2) is 36.6 Å². The Hall–Kier alpha value is -1.59.